The lowest BCUT2D eigenvalue weighted by atomic mass is 10.2. The largest absolute Gasteiger partial charge is 0.493 e. The van der Waals surface area contributed by atoms with E-state index in [4.69, 9.17) is 9.47 Å². The maximum atomic E-state index is 12.8. The minimum absolute atomic E-state index is 0.0353. The van der Waals surface area contributed by atoms with Crippen molar-refractivity contribution in [3.8, 4) is 11.5 Å². The van der Waals surface area contributed by atoms with Crippen LogP contribution in [-0.4, -0.2) is 42.4 Å². The molecule has 1 amide bonds. The molecule has 1 aromatic heterocycles. The maximum absolute atomic E-state index is 12.8. The minimum atomic E-state index is -2.99. The number of aromatic nitrogens is 2. The fraction of sp³-hybridized carbons (Fsp3) is 0.333. The number of amides is 1. The predicted octanol–water partition coefficient (Wildman–Crippen LogP) is 4.33. The number of imidazole rings is 1. The van der Waals surface area contributed by atoms with Crippen molar-refractivity contribution in [3.63, 3.8) is 0 Å². The number of carbonyl (C=O) groups is 1. The lowest BCUT2D eigenvalue weighted by molar-refractivity contribution is -0.0512. The lowest BCUT2D eigenvalue weighted by Crippen LogP contribution is -2.17. The average molecular weight is 419 g/mol. The third-order valence-corrected chi connectivity index (χ3v) is 4.40. The zero-order chi connectivity index (χ0) is 21.5. The second-order valence-electron chi connectivity index (χ2n) is 6.32. The van der Waals surface area contributed by atoms with Crippen molar-refractivity contribution in [3.05, 3.63) is 48.0 Å². The van der Waals surface area contributed by atoms with Gasteiger partial charge < -0.3 is 18.8 Å². The minimum Gasteiger partial charge on any atom is -0.493 e. The predicted molar refractivity (Wildman–Crippen MR) is 108 cm³/mol. The van der Waals surface area contributed by atoms with Crippen LogP contribution >= 0.6 is 0 Å². The highest BCUT2D eigenvalue weighted by atomic mass is 19.3. The van der Waals surface area contributed by atoms with Gasteiger partial charge in [-0.25, -0.2) is 4.98 Å². The summed E-state index contributed by atoms with van der Waals surface area (Å²) in [5.74, 6) is -0.164. The van der Waals surface area contributed by atoms with E-state index in [1.54, 1.807) is 0 Å². The number of para-hydroxylation sites is 2. The van der Waals surface area contributed by atoms with E-state index in [2.05, 4.69) is 15.0 Å². The molecule has 3 rings (SSSR count). The van der Waals surface area contributed by atoms with Crippen LogP contribution in [0.1, 0.15) is 23.7 Å². The molecule has 1 N–H and O–H groups in total. The second kappa shape index (κ2) is 10.0. The number of methoxy groups -OCH3 is 1. The molecule has 0 spiro atoms. The number of fused-ring (bicyclic) bond motifs is 1. The van der Waals surface area contributed by atoms with E-state index < -0.39 is 12.5 Å². The number of hydrogen-bond donors (Lipinski definition) is 1. The molecule has 0 unspecified atom stereocenters. The highest BCUT2D eigenvalue weighted by Gasteiger charge is 2.17. The number of aryl methyl sites for hydroxylation is 1. The zero-order valence-corrected chi connectivity index (χ0v) is 16.7. The molecule has 0 aliphatic rings. The van der Waals surface area contributed by atoms with Gasteiger partial charge >= 0.3 is 6.61 Å². The van der Waals surface area contributed by atoms with Crippen LogP contribution < -0.4 is 14.8 Å². The van der Waals surface area contributed by atoms with Gasteiger partial charge in [-0.15, -0.1) is 0 Å². The first kappa shape index (κ1) is 21.5. The van der Waals surface area contributed by atoms with Crippen molar-refractivity contribution >= 4 is 22.9 Å². The smallest absolute Gasteiger partial charge is 0.387 e. The van der Waals surface area contributed by atoms with Gasteiger partial charge in [-0.05, 0) is 43.7 Å². The van der Waals surface area contributed by atoms with Crippen LogP contribution in [0.25, 0.3) is 11.0 Å². The van der Waals surface area contributed by atoms with E-state index in [1.165, 1.54) is 25.3 Å². The van der Waals surface area contributed by atoms with Gasteiger partial charge in [-0.3, -0.25) is 10.1 Å². The number of anilines is 1. The standard InChI is InChI=1S/C21H23F2N3O4/c1-3-29-12-6-11-26-16-8-5-4-7-15(16)24-21(26)25-19(27)14-9-10-17(30-20(22)23)18(13-14)28-2/h4-5,7-10,13,20H,3,6,11-12H2,1-2H3,(H,24,25,27). The molecule has 1 heterocycles. The molecule has 0 saturated heterocycles. The van der Waals surface area contributed by atoms with E-state index in [9.17, 15) is 13.6 Å². The van der Waals surface area contributed by atoms with E-state index in [0.29, 0.717) is 25.7 Å². The normalized spacial score (nSPS) is 11.1. The molecule has 0 aliphatic carbocycles. The summed E-state index contributed by atoms with van der Waals surface area (Å²) in [5, 5.41) is 2.80. The second-order valence-corrected chi connectivity index (χ2v) is 6.32. The van der Waals surface area contributed by atoms with Crippen molar-refractivity contribution in [1.82, 2.24) is 9.55 Å². The highest BCUT2D eigenvalue weighted by Crippen LogP contribution is 2.30. The summed E-state index contributed by atoms with van der Waals surface area (Å²) in [4.78, 5) is 17.3. The molecule has 7 nitrogen and oxygen atoms in total. The van der Waals surface area contributed by atoms with E-state index in [1.807, 2.05) is 35.8 Å². The Hall–Kier alpha value is -3.20. The van der Waals surface area contributed by atoms with Crippen LogP contribution in [0.2, 0.25) is 0 Å². The quantitative estimate of drug-likeness (QED) is 0.495. The van der Waals surface area contributed by atoms with Crippen LogP contribution in [0.15, 0.2) is 42.5 Å². The Bertz CT molecular complexity index is 1010. The van der Waals surface area contributed by atoms with Crippen LogP contribution in [0.5, 0.6) is 11.5 Å². The highest BCUT2D eigenvalue weighted by molar-refractivity contribution is 6.04. The summed E-state index contributed by atoms with van der Waals surface area (Å²) in [5.41, 5.74) is 1.87. The molecular weight excluding hydrogens is 396 g/mol. The van der Waals surface area contributed by atoms with Gasteiger partial charge in [0.25, 0.3) is 5.91 Å². The molecule has 0 bridgehead atoms. The van der Waals surface area contributed by atoms with E-state index >= 15 is 0 Å². The summed E-state index contributed by atoms with van der Waals surface area (Å²) in [6.07, 6.45) is 0.755. The Morgan fingerprint density at radius 2 is 2.00 bits per heavy atom. The first-order valence-corrected chi connectivity index (χ1v) is 9.50. The van der Waals surface area contributed by atoms with Crippen molar-refractivity contribution < 1.29 is 27.8 Å². The molecule has 0 fully saturated rings. The van der Waals surface area contributed by atoms with Gasteiger partial charge in [0.2, 0.25) is 5.95 Å². The first-order valence-electron chi connectivity index (χ1n) is 9.50. The molecule has 0 aliphatic heterocycles. The van der Waals surface area contributed by atoms with Crippen molar-refractivity contribution in [2.75, 3.05) is 25.6 Å². The summed E-state index contributed by atoms with van der Waals surface area (Å²) in [6.45, 7) is 0.792. The van der Waals surface area contributed by atoms with Crippen molar-refractivity contribution in [2.24, 2.45) is 0 Å². The Morgan fingerprint density at radius 1 is 1.20 bits per heavy atom. The molecule has 9 heteroatoms. The van der Waals surface area contributed by atoms with Crippen molar-refractivity contribution in [2.45, 2.75) is 26.5 Å². The van der Waals surface area contributed by atoms with E-state index in [-0.39, 0.29) is 17.1 Å². The number of benzene rings is 2. The number of ether oxygens (including phenoxy) is 3. The van der Waals surface area contributed by atoms with Crippen LogP contribution in [0, 0.1) is 0 Å². The summed E-state index contributed by atoms with van der Waals surface area (Å²) in [7, 11) is 1.31. The van der Waals surface area contributed by atoms with Crippen LogP contribution in [-0.2, 0) is 11.3 Å². The Labute approximate surface area is 172 Å². The molecule has 0 radical (unpaired) electrons. The third kappa shape index (κ3) is 5.04. The molecule has 0 atom stereocenters. The molecule has 3 aromatic rings. The maximum Gasteiger partial charge on any atom is 0.387 e. The number of carbonyl (C=O) groups excluding carboxylic acids is 1. The Morgan fingerprint density at radius 3 is 2.73 bits per heavy atom. The van der Waals surface area contributed by atoms with Gasteiger partial charge in [0.1, 0.15) is 0 Å². The Balaban J connectivity index is 1.83. The van der Waals surface area contributed by atoms with Gasteiger partial charge in [-0.2, -0.15) is 8.78 Å². The Kier molecular flexibility index (Phi) is 7.18. The SMILES string of the molecule is CCOCCCn1c(NC(=O)c2ccc(OC(F)F)c(OC)c2)nc2ccccc21. The molecule has 160 valence electrons. The van der Waals surface area contributed by atoms with Crippen molar-refractivity contribution in [1.29, 1.82) is 0 Å². The summed E-state index contributed by atoms with van der Waals surface area (Å²) in [6, 6.07) is 11.6. The number of alkyl halides is 2. The lowest BCUT2D eigenvalue weighted by Gasteiger charge is -2.12. The van der Waals surface area contributed by atoms with Crippen LogP contribution in [0.4, 0.5) is 14.7 Å². The van der Waals surface area contributed by atoms with Gasteiger partial charge in [0.15, 0.2) is 11.5 Å². The first-order chi connectivity index (χ1) is 14.5. The number of nitrogens with zero attached hydrogens (tertiary/aromatic N) is 2. The molecule has 2 aromatic carbocycles. The molecule has 0 saturated carbocycles. The monoisotopic (exact) mass is 419 g/mol. The average Bonchev–Trinajstić information content (AvgIpc) is 3.08. The number of hydrogen-bond acceptors (Lipinski definition) is 5. The fourth-order valence-electron chi connectivity index (χ4n) is 3.04. The van der Waals surface area contributed by atoms with Gasteiger partial charge in [0, 0.05) is 25.3 Å². The number of halogens is 2. The van der Waals surface area contributed by atoms with E-state index in [0.717, 1.165) is 17.5 Å². The number of rotatable bonds is 10. The van der Waals surface area contributed by atoms with Gasteiger partial charge in [-0.1, -0.05) is 12.1 Å². The summed E-state index contributed by atoms with van der Waals surface area (Å²) >= 11 is 0. The van der Waals surface area contributed by atoms with Gasteiger partial charge in [0.05, 0.1) is 18.1 Å². The molecular formula is C21H23F2N3O4. The zero-order valence-electron chi connectivity index (χ0n) is 16.7. The third-order valence-electron chi connectivity index (χ3n) is 4.40. The fourth-order valence-corrected chi connectivity index (χ4v) is 3.04. The number of nitrogens with one attached hydrogen (secondary N) is 1. The molecule has 30 heavy (non-hydrogen) atoms. The topological polar surface area (TPSA) is 74.6 Å². The summed E-state index contributed by atoms with van der Waals surface area (Å²) < 4.78 is 41.8. The van der Waals surface area contributed by atoms with Crippen LogP contribution in [0.3, 0.4) is 0 Å².